The van der Waals surface area contributed by atoms with Crippen molar-refractivity contribution in [2.75, 3.05) is 6.54 Å². The molecule has 1 rings (SSSR count). The van der Waals surface area contributed by atoms with E-state index >= 15 is 0 Å². The first kappa shape index (κ1) is 19.5. The lowest BCUT2D eigenvalue weighted by Gasteiger charge is -2.37. The molecule has 0 aliphatic carbocycles. The Kier molecular flexibility index (Phi) is 6.62. The van der Waals surface area contributed by atoms with Crippen molar-refractivity contribution in [2.24, 2.45) is 0 Å². The monoisotopic (exact) mass is 326 g/mol. The normalized spacial score (nSPS) is 27.0. The number of amides is 1. The van der Waals surface area contributed by atoms with Crippen molar-refractivity contribution in [2.45, 2.75) is 77.5 Å². The van der Waals surface area contributed by atoms with Crippen LogP contribution in [-0.2, 0) is 9.53 Å². The predicted molar refractivity (Wildman–Crippen MR) is 84.4 cm³/mol. The number of allylic oxidation sites excluding steroid dienone is 2. The average molecular weight is 326 g/mol. The van der Waals surface area contributed by atoms with Crippen molar-refractivity contribution in [1.29, 1.82) is 0 Å². The first-order valence-electron chi connectivity index (χ1n) is 8.16. The van der Waals surface area contributed by atoms with E-state index in [1.807, 2.05) is 13.8 Å². The number of aliphatic hydroxyl groups is 1. The third-order valence-electron chi connectivity index (χ3n) is 4.50. The number of carboxylic acids is 1. The van der Waals surface area contributed by atoms with Crippen LogP contribution >= 0.6 is 0 Å². The Balaban J connectivity index is 2.59. The summed E-state index contributed by atoms with van der Waals surface area (Å²) in [5, 5.41) is 21.2. The van der Waals surface area contributed by atoms with E-state index in [-0.39, 0.29) is 6.42 Å². The first-order chi connectivity index (χ1) is 10.6. The van der Waals surface area contributed by atoms with Gasteiger partial charge in [-0.25, -0.2) is 4.79 Å². The third kappa shape index (κ3) is 4.96. The minimum atomic E-state index is -1.38. The van der Waals surface area contributed by atoms with Gasteiger partial charge in [0.1, 0.15) is 0 Å². The number of carboxylic acid groups (broad SMARTS) is 1. The fraction of sp³-hybridized carbons (Fsp3) is 0.765. The van der Waals surface area contributed by atoms with Gasteiger partial charge in [0.2, 0.25) is 0 Å². The van der Waals surface area contributed by atoms with Gasteiger partial charge in [-0.05, 0) is 59.8 Å². The van der Waals surface area contributed by atoms with Crippen molar-refractivity contribution >= 4 is 12.1 Å². The van der Waals surface area contributed by atoms with Gasteiger partial charge in [-0.15, -0.1) is 0 Å². The Morgan fingerprint density at radius 2 is 1.96 bits per heavy atom. The molecule has 0 aromatic rings. The molecule has 1 amide bonds. The standard InChI is InChI=1S/C17H29NO5/c1-13(2)9-8-11-16(3)17(4,22)18(15(21)23-16)12-7-5-6-10-14(19)20/h9,22H,5-8,10-12H2,1-4H3,(H,19,20)/p-1/t16-,17+/m1/s1. The SMILES string of the molecule is CC(C)=CCC[C@@]1(C)OC(=O)N(CCCCCC(=O)[O-])[C@@]1(C)O. The van der Waals surface area contributed by atoms with Crippen molar-refractivity contribution in [3.63, 3.8) is 0 Å². The van der Waals surface area contributed by atoms with Gasteiger partial charge >= 0.3 is 6.09 Å². The highest BCUT2D eigenvalue weighted by atomic mass is 16.6. The summed E-state index contributed by atoms with van der Waals surface area (Å²) in [5.74, 6) is -1.07. The zero-order valence-electron chi connectivity index (χ0n) is 14.6. The average Bonchev–Trinajstić information content (AvgIpc) is 2.56. The summed E-state index contributed by atoms with van der Waals surface area (Å²) in [4.78, 5) is 23.8. The number of aliphatic carboxylic acids is 1. The quantitative estimate of drug-likeness (QED) is 0.517. The zero-order valence-corrected chi connectivity index (χ0v) is 14.6. The van der Waals surface area contributed by atoms with Gasteiger partial charge in [0.25, 0.3) is 0 Å². The summed E-state index contributed by atoms with van der Waals surface area (Å²) < 4.78 is 5.46. The molecule has 1 fully saturated rings. The minimum absolute atomic E-state index is 0.0151. The second kappa shape index (κ2) is 7.81. The molecular weight excluding hydrogens is 298 g/mol. The number of carbonyl (C=O) groups is 2. The summed E-state index contributed by atoms with van der Waals surface area (Å²) in [5.41, 5.74) is -1.16. The van der Waals surface area contributed by atoms with Gasteiger partial charge in [-0.3, -0.25) is 4.90 Å². The van der Waals surface area contributed by atoms with Gasteiger partial charge < -0.3 is 19.7 Å². The van der Waals surface area contributed by atoms with Crippen molar-refractivity contribution < 1.29 is 24.5 Å². The van der Waals surface area contributed by atoms with Crippen LogP contribution in [0.15, 0.2) is 11.6 Å². The largest absolute Gasteiger partial charge is 0.550 e. The van der Waals surface area contributed by atoms with Crippen LogP contribution in [0.1, 0.15) is 66.2 Å². The molecule has 2 atom stereocenters. The van der Waals surface area contributed by atoms with E-state index in [4.69, 9.17) is 4.74 Å². The lowest BCUT2D eigenvalue weighted by atomic mass is 9.88. The van der Waals surface area contributed by atoms with Crippen LogP contribution in [0.4, 0.5) is 4.79 Å². The number of carbonyl (C=O) groups excluding carboxylic acids is 2. The number of unbranched alkanes of at least 4 members (excludes halogenated alkanes) is 2. The lowest BCUT2D eigenvalue weighted by molar-refractivity contribution is -0.305. The molecule has 0 saturated carbocycles. The van der Waals surface area contributed by atoms with Gasteiger partial charge in [0.05, 0.1) is 0 Å². The van der Waals surface area contributed by atoms with Crippen molar-refractivity contribution in [1.82, 2.24) is 4.90 Å². The molecule has 1 N–H and O–H groups in total. The maximum absolute atomic E-state index is 12.1. The third-order valence-corrected chi connectivity index (χ3v) is 4.50. The Hall–Kier alpha value is -1.56. The fourth-order valence-electron chi connectivity index (χ4n) is 2.76. The number of rotatable bonds is 9. The number of hydrogen-bond donors (Lipinski definition) is 1. The van der Waals surface area contributed by atoms with Crippen LogP contribution in [-0.4, -0.2) is 39.9 Å². The van der Waals surface area contributed by atoms with Gasteiger partial charge in [-0.2, -0.15) is 0 Å². The molecule has 132 valence electrons. The lowest BCUT2D eigenvalue weighted by Crippen LogP contribution is -2.55. The molecule has 0 aromatic heterocycles. The molecule has 1 aliphatic heterocycles. The number of ether oxygens (including phenoxy) is 1. The Labute approximate surface area is 138 Å². The van der Waals surface area contributed by atoms with Gasteiger partial charge in [0.15, 0.2) is 11.3 Å². The molecule has 0 radical (unpaired) electrons. The molecule has 0 bridgehead atoms. The molecule has 23 heavy (non-hydrogen) atoms. The summed E-state index contributed by atoms with van der Waals surface area (Å²) in [6.45, 7) is 7.69. The Bertz CT molecular complexity index is 468. The molecule has 1 heterocycles. The van der Waals surface area contributed by atoms with E-state index in [0.29, 0.717) is 32.2 Å². The minimum Gasteiger partial charge on any atom is -0.550 e. The summed E-state index contributed by atoms with van der Waals surface area (Å²) in [7, 11) is 0. The smallest absolute Gasteiger partial charge is 0.412 e. The molecule has 1 aliphatic rings. The highest BCUT2D eigenvalue weighted by Gasteiger charge is 2.58. The highest BCUT2D eigenvalue weighted by Crippen LogP contribution is 2.40. The van der Waals surface area contributed by atoms with E-state index in [9.17, 15) is 19.8 Å². The first-order valence-corrected chi connectivity index (χ1v) is 8.16. The second-order valence-corrected chi connectivity index (χ2v) is 6.77. The highest BCUT2D eigenvalue weighted by molar-refractivity contribution is 5.72. The van der Waals surface area contributed by atoms with Gasteiger partial charge in [0, 0.05) is 12.5 Å². The zero-order chi connectivity index (χ0) is 17.7. The van der Waals surface area contributed by atoms with E-state index in [1.165, 1.54) is 10.5 Å². The fourth-order valence-corrected chi connectivity index (χ4v) is 2.76. The maximum Gasteiger partial charge on any atom is 0.412 e. The van der Waals surface area contributed by atoms with Gasteiger partial charge in [-0.1, -0.05) is 18.1 Å². The van der Waals surface area contributed by atoms with Crippen LogP contribution in [0.5, 0.6) is 0 Å². The molecule has 6 heteroatoms. The molecule has 6 nitrogen and oxygen atoms in total. The summed E-state index contributed by atoms with van der Waals surface area (Å²) in [6, 6.07) is 0. The predicted octanol–water partition coefficient (Wildman–Crippen LogP) is 1.96. The van der Waals surface area contributed by atoms with Crippen LogP contribution in [0, 0.1) is 0 Å². The van der Waals surface area contributed by atoms with Crippen molar-refractivity contribution in [3.8, 4) is 0 Å². The van der Waals surface area contributed by atoms with E-state index < -0.39 is 23.4 Å². The molecule has 0 aromatic carbocycles. The molecule has 1 saturated heterocycles. The molecular formula is C17H28NO5-. The van der Waals surface area contributed by atoms with E-state index in [0.717, 1.165) is 6.42 Å². The topological polar surface area (TPSA) is 89.9 Å². The van der Waals surface area contributed by atoms with E-state index in [1.54, 1.807) is 13.8 Å². The Morgan fingerprint density at radius 1 is 1.30 bits per heavy atom. The maximum atomic E-state index is 12.1. The van der Waals surface area contributed by atoms with Crippen LogP contribution in [0.25, 0.3) is 0 Å². The van der Waals surface area contributed by atoms with Crippen LogP contribution in [0.3, 0.4) is 0 Å². The number of cyclic esters (lactones) is 1. The summed E-state index contributed by atoms with van der Waals surface area (Å²) in [6.07, 6.45) is 4.59. The molecule has 0 spiro atoms. The number of hydrogen-bond acceptors (Lipinski definition) is 5. The Morgan fingerprint density at radius 3 is 2.52 bits per heavy atom. The van der Waals surface area contributed by atoms with Crippen molar-refractivity contribution in [3.05, 3.63) is 11.6 Å². The van der Waals surface area contributed by atoms with E-state index in [2.05, 4.69) is 6.08 Å². The van der Waals surface area contributed by atoms with Crippen LogP contribution < -0.4 is 5.11 Å². The number of nitrogens with zero attached hydrogens (tertiary/aromatic N) is 1. The molecule has 0 unspecified atom stereocenters. The summed E-state index contributed by atoms with van der Waals surface area (Å²) >= 11 is 0. The second-order valence-electron chi connectivity index (χ2n) is 6.77. The van der Waals surface area contributed by atoms with Crippen LogP contribution in [0.2, 0.25) is 0 Å².